The lowest BCUT2D eigenvalue weighted by atomic mass is 9.79. The van der Waals surface area contributed by atoms with Gasteiger partial charge < -0.3 is 19.5 Å². The number of nitrogens with zero attached hydrogens (tertiary/aromatic N) is 5. The summed E-state index contributed by atoms with van der Waals surface area (Å²) in [4.78, 5) is 26.0. The number of hydrogen-bond acceptors (Lipinski definition) is 6. The van der Waals surface area contributed by atoms with Crippen molar-refractivity contribution in [3.8, 4) is 28.5 Å². The Morgan fingerprint density at radius 2 is 1.73 bits per heavy atom. The molecule has 3 saturated heterocycles. The van der Waals surface area contributed by atoms with Gasteiger partial charge in [-0.2, -0.15) is 5.26 Å². The highest BCUT2D eigenvalue weighted by Gasteiger charge is 2.51. The van der Waals surface area contributed by atoms with E-state index in [1.165, 1.54) is 18.2 Å². The Kier molecular flexibility index (Phi) is 9.90. The molecule has 1 N–H and O–H groups in total. The van der Waals surface area contributed by atoms with Gasteiger partial charge in [-0.1, -0.05) is 41.4 Å². The predicted octanol–water partition coefficient (Wildman–Crippen LogP) is 10.5. The molecule has 8 nitrogen and oxygen atoms in total. The lowest BCUT2D eigenvalue weighted by Gasteiger charge is -2.39. The zero-order chi connectivity index (χ0) is 41.6. The lowest BCUT2D eigenvalue weighted by Crippen LogP contribution is -2.41. The summed E-state index contributed by atoms with van der Waals surface area (Å²) in [6.45, 7) is 4.64. The Balaban J connectivity index is 1.23. The number of aryl methyl sites for hydroxylation is 3. The molecule has 2 bridgehead atoms. The van der Waals surface area contributed by atoms with Crippen LogP contribution in [0.5, 0.6) is 0 Å². The number of halogens is 5. The minimum Gasteiger partial charge on any atom is -0.371 e. The molecule has 3 aromatic carbocycles. The van der Waals surface area contributed by atoms with E-state index in [0.717, 1.165) is 59.4 Å². The van der Waals surface area contributed by atoms with Gasteiger partial charge in [0.2, 0.25) is 5.91 Å². The summed E-state index contributed by atoms with van der Waals surface area (Å²) in [7, 11) is 0. The van der Waals surface area contributed by atoms with Gasteiger partial charge in [-0.3, -0.25) is 9.78 Å². The van der Waals surface area contributed by atoms with Gasteiger partial charge in [-0.05, 0) is 93.5 Å². The topological polar surface area (TPSA) is 96.1 Å². The second kappa shape index (κ2) is 15.2. The summed E-state index contributed by atoms with van der Waals surface area (Å²) in [5.74, 6) is -1.70. The van der Waals surface area contributed by atoms with Crippen molar-refractivity contribution in [2.24, 2.45) is 11.8 Å². The minimum absolute atomic E-state index is 0.00473. The first-order valence-electron chi connectivity index (χ1n) is 20.6. The Morgan fingerprint density at radius 3 is 2.42 bits per heavy atom. The molecule has 0 spiro atoms. The molecule has 3 aliphatic heterocycles. The van der Waals surface area contributed by atoms with Crippen molar-refractivity contribution in [1.82, 2.24) is 24.8 Å². The largest absolute Gasteiger partial charge is 0.371 e. The fraction of sp³-hybridized carbons (Fsp3) is 0.362. The van der Waals surface area contributed by atoms with Crippen molar-refractivity contribution in [2.45, 2.75) is 83.2 Å². The van der Waals surface area contributed by atoms with Crippen molar-refractivity contribution in [3.05, 3.63) is 116 Å². The van der Waals surface area contributed by atoms with E-state index in [9.17, 15) is 18.8 Å². The number of carbonyl (C=O) groups is 1. The van der Waals surface area contributed by atoms with E-state index in [1.807, 2.05) is 36.9 Å². The van der Waals surface area contributed by atoms with E-state index in [-0.39, 0.29) is 76.6 Å². The molecule has 6 aromatic rings. The standard InChI is InChI=1S/C47H41Cl2F3N6O2/c1-23-14-27(15-24(2)55-23)43-32-19-39(38-18-29(21-57(38)47(59)25-11-12-25)60-22-33-35(50)9-4-10-36(33)51)58(45-28-17-37(45)54-20-28)46(32)31-16-26(6-5-13-53)40(42(52)44(31)56-43)30-7-3-8-34(48)41(30)49/h3-4,7-10,14-16,19,25,28-29,37-38,45,54H,5-6,11-12,17-18,20-22H2,1-2H3. The maximum absolute atomic E-state index is 17.8. The zero-order valence-corrected chi connectivity index (χ0v) is 34.6. The first-order valence-corrected chi connectivity index (χ1v) is 21.3. The Labute approximate surface area is 355 Å². The minimum atomic E-state index is -0.681. The summed E-state index contributed by atoms with van der Waals surface area (Å²) in [6.07, 6.45) is 2.88. The van der Waals surface area contributed by atoms with Gasteiger partial charge in [0.15, 0.2) is 5.82 Å². The second-order valence-electron chi connectivity index (χ2n) is 16.8. The Morgan fingerprint density at radius 1 is 0.983 bits per heavy atom. The summed E-state index contributed by atoms with van der Waals surface area (Å²) < 4.78 is 55.9. The number of pyridine rings is 2. The average molecular weight is 850 g/mol. The highest BCUT2D eigenvalue weighted by molar-refractivity contribution is 6.43. The second-order valence-corrected chi connectivity index (χ2v) is 17.6. The highest BCUT2D eigenvalue weighted by atomic mass is 35.5. The van der Waals surface area contributed by atoms with Crippen LogP contribution in [0.2, 0.25) is 10.0 Å². The molecule has 5 atom stereocenters. The molecular weight excluding hydrogens is 808 g/mol. The number of nitrogens with one attached hydrogen (secondary N) is 1. The normalized spacial score (nSPS) is 22.2. The molecule has 5 unspecified atom stereocenters. The van der Waals surface area contributed by atoms with Crippen molar-refractivity contribution in [1.29, 1.82) is 5.26 Å². The molecule has 11 rings (SSSR count). The first-order chi connectivity index (χ1) is 29.0. The van der Waals surface area contributed by atoms with E-state index in [2.05, 4.69) is 27.0 Å². The lowest BCUT2D eigenvalue weighted by molar-refractivity contribution is -0.134. The molecule has 5 aliphatic rings. The van der Waals surface area contributed by atoms with Crippen LogP contribution in [0.15, 0.2) is 60.7 Å². The van der Waals surface area contributed by atoms with Crippen LogP contribution in [0.1, 0.15) is 72.4 Å². The van der Waals surface area contributed by atoms with Gasteiger partial charge in [-0.15, -0.1) is 0 Å². The third-order valence-electron chi connectivity index (χ3n) is 12.9. The van der Waals surface area contributed by atoms with E-state index in [4.69, 9.17) is 32.9 Å². The monoisotopic (exact) mass is 848 g/mol. The first kappa shape index (κ1) is 39.2. The van der Waals surface area contributed by atoms with Crippen LogP contribution in [-0.4, -0.2) is 50.6 Å². The zero-order valence-electron chi connectivity index (χ0n) is 33.0. The van der Waals surface area contributed by atoms with E-state index in [0.29, 0.717) is 34.5 Å². The van der Waals surface area contributed by atoms with Crippen LogP contribution in [0.4, 0.5) is 13.2 Å². The number of rotatable bonds is 10. The molecule has 13 heteroatoms. The van der Waals surface area contributed by atoms with Crippen molar-refractivity contribution >= 4 is 50.9 Å². The molecule has 0 radical (unpaired) electrons. The summed E-state index contributed by atoms with van der Waals surface area (Å²) in [5, 5.41) is 15.3. The number of aromatic nitrogens is 3. The molecule has 2 aliphatic carbocycles. The van der Waals surface area contributed by atoms with E-state index in [1.54, 1.807) is 18.2 Å². The van der Waals surface area contributed by atoms with E-state index < -0.39 is 29.6 Å². The quantitative estimate of drug-likeness (QED) is 0.148. The van der Waals surface area contributed by atoms with Crippen LogP contribution < -0.4 is 5.32 Å². The molecule has 1 amide bonds. The number of nitriles is 1. The molecule has 60 heavy (non-hydrogen) atoms. The summed E-state index contributed by atoms with van der Waals surface area (Å²) >= 11 is 13.3. The van der Waals surface area contributed by atoms with Crippen LogP contribution >= 0.6 is 23.2 Å². The van der Waals surface area contributed by atoms with Crippen LogP contribution in [-0.2, 0) is 22.6 Å². The van der Waals surface area contributed by atoms with Crippen molar-refractivity contribution in [3.63, 3.8) is 0 Å². The third-order valence-corrected chi connectivity index (χ3v) is 13.8. The molecular formula is C47H41Cl2F3N6O2. The van der Waals surface area contributed by atoms with Crippen LogP contribution in [0, 0.1) is 54.5 Å². The Bertz CT molecular complexity index is 2750. The molecule has 5 fully saturated rings. The van der Waals surface area contributed by atoms with Gasteiger partial charge >= 0.3 is 0 Å². The number of likely N-dealkylation sites (tertiary alicyclic amines) is 1. The van der Waals surface area contributed by atoms with Gasteiger partial charge in [-0.25, -0.2) is 18.2 Å². The van der Waals surface area contributed by atoms with Crippen LogP contribution in [0.3, 0.4) is 0 Å². The predicted molar refractivity (Wildman–Crippen MR) is 225 cm³/mol. The number of fused-ring (bicyclic) bond motifs is 4. The van der Waals surface area contributed by atoms with Crippen molar-refractivity contribution < 1.29 is 22.7 Å². The van der Waals surface area contributed by atoms with E-state index >= 15 is 4.39 Å². The number of ether oxygens (including phenoxy) is 1. The number of benzene rings is 3. The summed E-state index contributed by atoms with van der Waals surface area (Å²) in [5.41, 5.74) is 5.82. The maximum atomic E-state index is 17.8. The Hall–Kier alpha value is -4.99. The molecule has 2 saturated carbocycles. The number of carbonyl (C=O) groups excluding carboxylic acids is 1. The van der Waals surface area contributed by atoms with Gasteiger partial charge in [0.25, 0.3) is 0 Å². The van der Waals surface area contributed by atoms with Crippen LogP contribution in [0.25, 0.3) is 44.2 Å². The fourth-order valence-electron chi connectivity index (χ4n) is 10.0. The average Bonchev–Trinajstić information content (AvgIpc) is 3.50. The van der Waals surface area contributed by atoms with Gasteiger partial charge in [0, 0.05) is 88.0 Å². The fourth-order valence-corrected chi connectivity index (χ4v) is 10.4. The van der Waals surface area contributed by atoms with Gasteiger partial charge in [0.05, 0.1) is 52.1 Å². The van der Waals surface area contributed by atoms with Gasteiger partial charge in [0.1, 0.15) is 17.2 Å². The smallest absolute Gasteiger partial charge is 0.226 e. The molecule has 306 valence electrons. The van der Waals surface area contributed by atoms with Crippen molar-refractivity contribution in [2.75, 3.05) is 13.1 Å². The molecule has 6 heterocycles. The third kappa shape index (κ3) is 6.55. The molecule has 3 aromatic heterocycles. The SMILES string of the molecule is Cc1cc(-c2nc3c(F)c(-c4cccc(Cl)c4Cl)c(CCC#N)cc3c3c2cc(C2CC(OCc4c(F)cccc4F)CN2C(=O)C2CC2)n3C2C3CNC2C3)cc(C)n1. The number of hydrogen-bond donors (Lipinski definition) is 1. The summed E-state index contributed by atoms with van der Waals surface area (Å²) in [6, 6.07) is 18.8. The highest BCUT2D eigenvalue weighted by Crippen LogP contribution is 2.52. The number of amides is 1. The maximum Gasteiger partial charge on any atom is 0.226 e.